The van der Waals surface area contributed by atoms with Crippen LogP contribution in [0.5, 0.6) is 28.7 Å². The fourth-order valence-electron chi connectivity index (χ4n) is 6.97. The number of carbonyl (C=O) groups is 2. The van der Waals surface area contributed by atoms with E-state index < -0.39 is 23.8 Å². The quantitative estimate of drug-likeness (QED) is 0.197. The van der Waals surface area contributed by atoms with Gasteiger partial charge in [0, 0.05) is 24.2 Å². The van der Waals surface area contributed by atoms with E-state index >= 15 is 0 Å². The van der Waals surface area contributed by atoms with E-state index in [4.69, 9.17) is 23.7 Å². The van der Waals surface area contributed by atoms with Crippen LogP contribution in [-0.2, 0) is 9.59 Å². The summed E-state index contributed by atoms with van der Waals surface area (Å²) in [5, 5.41) is 10.7. The molecule has 48 heavy (non-hydrogen) atoms. The molecule has 2 aliphatic rings. The van der Waals surface area contributed by atoms with E-state index in [9.17, 15) is 19.1 Å². The van der Waals surface area contributed by atoms with Crippen molar-refractivity contribution in [2.45, 2.75) is 64.5 Å². The van der Waals surface area contributed by atoms with Gasteiger partial charge in [-0.3, -0.25) is 14.5 Å². The minimum absolute atomic E-state index is 0.00812. The van der Waals surface area contributed by atoms with Crippen molar-refractivity contribution in [3.63, 3.8) is 0 Å². The van der Waals surface area contributed by atoms with Gasteiger partial charge in [0.2, 0.25) is 18.4 Å². The second-order valence-electron chi connectivity index (χ2n) is 12.3. The summed E-state index contributed by atoms with van der Waals surface area (Å²) in [6.45, 7) is 6.06. The summed E-state index contributed by atoms with van der Waals surface area (Å²) in [6.07, 6.45) is 3.27. The number of methoxy groups -OCH3 is 2. The van der Waals surface area contributed by atoms with Crippen LogP contribution in [0.2, 0.25) is 0 Å². The number of anilines is 1. The van der Waals surface area contributed by atoms with Crippen LogP contribution in [0.1, 0.15) is 56.6 Å². The highest BCUT2D eigenvalue weighted by Gasteiger charge is 2.48. The van der Waals surface area contributed by atoms with Crippen molar-refractivity contribution < 1.29 is 42.8 Å². The summed E-state index contributed by atoms with van der Waals surface area (Å²) < 4.78 is 42.9. The lowest BCUT2D eigenvalue weighted by atomic mass is 9.85. The summed E-state index contributed by atoms with van der Waals surface area (Å²) in [5.41, 5.74) is 1.77. The molecule has 0 saturated carbocycles. The van der Waals surface area contributed by atoms with Gasteiger partial charge in [-0.05, 0) is 73.4 Å². The van der Waals surface area contributed by atoms with Gasteiger partial charge in [-0.1, -0.05) is 38.8 Å². The third-order valence-corrected chi connectivity index (χ3v) is 9.26. The number of para-hydroxylation sites is 2. The van der Waals surface area contributed by atoms with E-state index in [-0.39, 0.29) is 44.3 Å². The first kappa shape index (κ1) is 34.8. The number of amides is 1. The number of rotatable bonds is 15. The molecule has 11 heteroatoms. The van der Waals surface area contributed by atoms with Crippen molar-refractivity contribution in [3.8, 4) is 28.7 Å². The Kier molecular flexibility index (Phi) is 11.3. The first-order valence-corrected chi connectivity index (χ1v) is 16.5. The Bertz CT molecular complexity index is 1590. The van der Waals surface area contributed by atoms with Crippen LogP contribution in [0.15, 0.2) is 54.6 Å². The van der Waals surface area contributed by atoms with Crippen molar-refractivity contribution in [2.75, 3.05) is 45.6 Å². The van der Waals surface area contributed by atoms with Gasteiger partial charge in [0.25, 0.3) is 0 Å². The molecule has 1 unspecified atom stereocenters. The molecule has 3 atom stereocenters. The molecular formula is C37H45FN2O8. The first-order chi connectivity index (χ1) is 23.2. The number of hydrogen-bond donors (Lipinski definition) is 1. The average molecular weight is 665 g/mol. The summed E-state index contributed by atoms with van der Waals surface area (Å²) in [7, 11) is 3.06. The number of hydrogen-bond acceptors (Lipinski definition) is 8. The number of aliphatic carboxylic acids is 1. The van der Waals surface area contributed by atoms with Crippen molar-refractivity contribution in [1.82, 2.24) is 4.90 Å². The largest absolute Gasteiger partial charge is 0.493 e. The molecule has 258 valence electrons. The third-order valence-electron chi connectivity index (χ3n) is 9.26. The van der Waals surface area contributed by atoms with E-state index in [2.05, 4.69) is 13.8 Å². The van der Waals surface area contributed by atoms with Gasteiger partial charge >= 0.3 is 5.97 Å². The standard InChI is InChI=1S/C37H45FN2O8/c1-6-10-25(11-7-2)40(26-14-15-28(38)23(3)16-26)34(41)20-39-19-27(24-17-32(45-5)36-33(18-24)47-22-48-36)35(37(42)43)29(39)21-46-31-13-9-8-12-30(31)44-4/h8-9,12-18,25,27,29,35H,6-7,10-11,19-22H2,1-5H3,(H,42,43)/t27-,29+,35?/m1/s1. The van der Waals surface area contributed by atoms with E-state index in [1.54, 1.807) is 55.3 Å². The van der Waals surface area contributed by atoms with E-state index in [1.165, 1.54) is 13.2 Å². The van der Waals surface area contributed by atoms with Crippen LogP contribution in [0.4, 0.5) is 10.1 Å². The lowest BCUT2D eigenvalue weighted by Gasteiger charge is -2.35. The van der Waals surface area contributed by atoms with Crippen LogP contribution in [0.3, 0.4) is 0 Å². The van der Waals surface area contributed by atoms with Crippen LogP contribution < -0.4 is 28.6 Å². The molecule has 0 radical (unpaired) electrons. The van der Waals surface area contributed by atoms with Crippen LogP contribution >= 0.6 is 0 Å². The summed E-state index contributed by atoms with van der Waals surface area (Å²) in [6, 6.07) is 14.7. The van der Waals surface area contributed by atoms with Gasteiger partial charge in [-0.2, -0.15) is 0 Å². The summed E-state index contributed by atoms with van der Waals surface area (Å²) in [5.74, 6) is -0.644. The fraction of sp³-hybridized carbons (Fsp3) is 0.459. The molecule has 2 heterocycles. The molecule has 0 aliphatic carbocycles. The number of halogens is 1. The predicted octanol–water partition coefficient (Wildman–Crippen LogP) is 6.43. The number of nitrogens with zero attached hydrogens (tertiary/aromatic N) is 2. The highest BCUT2D eigenvalue weighted by molar-refractivity contribution is 5.95. The summed E-state index contributed by atoms with van der Waals surface area (Å²) >= 11 is 0. The van der Waals surface area contributed by atoms with Gasteiger partial charge < -0.3 is 33.7 Å². The lowest BCUT2D eigenvalue weighted by molar-refractivity contribution is -0.143. The Labute approximate surface area is 281 Å². The van der Waals surface area contributed by atoms with Crippen molar-refractivity contribution >= 4 is 17.6 Å². The Balaban J connectivity index is 1.53. The number of likely N-dealkylation sites (tertiary alicyclic amines) is 1. The highest BCUT2D eigenvalue weighted by Crippen LogP contribution is 2.47. The fourth-order valence-corrected chi connectivity index (χ4v) is 6.97. The topological polar surface area (TPSA) is 107 Å². The minimum atomic E-state index is -1.01. The van der Waals surface area contributed by atoms with Crippen LogP contribution in [0.25, 0.3) is 0 Å². The maximum Gasteiger partial charge on any atom is 0.308 e. The number of carboxylic acids is 1. The second kappa shape index (κ2) is 15.6. The number of carboxylic acid groups (broad SMARTS) is 1. The number of benzene rings is 3. The lowest BCUT2D eigenvalue weighted by Crippen LogP contribution is -2.49. The smallest absolute Gasteiger partial charge is 0.308 e. The molecule has 1 N–H and O–H groups in total. The Morgan fingerprint density at radius 3 is 2.35 bits per heavy atom. The van der Waals surface area contributed by atoms with Crippen LogP contribution in [-0.4, -0.2) is 74.7 Å². The van der Waals surface area contributed by atoms with Gasteiger partial charge in [0.05, 0.1) is 32.7 Å². The molecule has 0 aromatic heterocycles. The number of fused-ring (bicyclic) bond motifs is 1. The molecule has 1 saturated heterocycles. The van der Waals surface area contributed by atoms with Crippen LogP contribution in [0, 0.1) is 18.7 Å². The number of ether oxygens (including phenoxy) is 5. The third kappa shape index (κ3) is 7.31. The molecule has 10 nitrogen and oxygen atoms in total. The minimum Gasteiger partial charge on any atom is -0.493 e. The van der Waals surface area contributed by atoms with E-state index in [0.29, 0.717) is 45.6 Å². The van der Waals surface area contributed by atoms with E-state index in [0.717, 1.165) is 25.7 Å². The zero-order valence-electron chi connectivity index (χ0n) is 28.2. The maximum atomic E-state index is 14.5. The molecular weight excluding hydrogens is 619 g/mol. The molecule has 3 aromatic carbocycles. The van der Waals surface area contributed by atoms with Gasteiger partial charge in [-0.15, -0.1) is 0 Å². The zero-order valence-corrected chi connectivity index (χ0v) is 28.2. The Morgan fingerprint density at radius 1 is 1.00 bits per heavy atom. The Hall–Kier alpha value is -4.51. The molecule has 5 rings (SSSR count). The maximum absolute atomic E-state index is 14.5. The summed E-state index contributed by atoms with van der Waals surface area (Å²) in [4.78, 5) is 31.3. The zero-order chi connectivity index (χ0) is 34.4. The average Bonchev–Trinajstić information content (AvgIpc) is 3.70. The Morgan fingerprint density at radius 2 is 1.71 bits per heavy atom. The first-order valence-electron chi connectivity index (χ1n) is 16.5. The van der Waals surface area contributed by atoms with E-state index in [1.807, 2.05) is 17.0 Å². The highest BCUT2D eigenvalue weighted by atomic mass is 19.1. The second-order valence-corrected chi connectivity index (χ2v) is 12.3. The number of aryl methyl sites for hydroxylation is 1. The van der Waals surface area contributed by atoms with Crippen molar-refractivity contribution in [3.05, 3.63) is 71.5 Å². The van der Waals surface area contributed by atoms with Gasteiger partial charge in [-0.25, -0.2) is 4.39 Å². The molecule has 1 amide bonds. The predicted molar refractivity (Wildman–Crippen MR) is 179 cm³/mol. The molecule has 0 bridgehead atoms. The van der Waals surface area contributed by atoms with Gasteiger partial charge in [0.1, 0.15) is 12.4 Å². The normalized spacial score (nSPS) is 18.6. The van der Waals surface area contributed by atoms with Crippen molar-refractivity contribution in [2.24, 2.45) is 5.92 Å². The molecule has 0 spiro atoms. The monoisotopic (exact) mass is 664 g/mol. The SMILES string of the molecule is CCCC(CCC)N(C(=O)CN1C[C@H](c2cc(OC)c3c(c2)OCO3)C(C(=O)O)[C@@H]1COc1ccccc1OC)c1ccc(F)c(C)c1. The van der Waals surface area contributed by atoms with Crippen molar-refractivity contribution in [1.29, 1.82) is 0 Å². The number of carbonyl (C=O) groups excluding carboxylic acids is 1. The molecule has 2 aliphatic heterocycles. The molecule has 3 aromatic rings. The molecule has 1 fully saturated rings. The van der Waals surface area contributed by atoms with Gasteiger partial charge in [0.15, 0.2) is 23.0 Å².